The minimum atomic E-state index is -0.586. The molecule has 1 spiro atoms. The zero-order valence-corrected chi connectivity index (χ0v) is 32.7. The van der Waals surface area contributed by atoms with Crippen molar-refractivity contribution in [3.05, 3.63) is 263 Å². The predicted molar refractivity (Wildman–Crippen MR) is 244 cm³/mol. The first kappa shape index (κ1) is 33.3. The number of aromatic nitrogens is 2. The highest BCUT2D eigenvalue weighted by molar-refractivity contribution is 5.97. The molecule has 0 fully saturated rings. The Labute approximate surface area is 349 Å². The second-order valence-electron chi connectivity index (χ2n) is 16.3. The second-order valence-corrected chi connectivity index (χ2v) is 16.3. The maximum Gasteiger partial charge on any atom is 0.160 e. The lowest BCUT2D eigenvalue weighted by Crippen LogP contribution is -2.43. The van der Waals surface area contributed by atoms with Crippen LogP contribution in [0.4, 0.5) is 0 Å². The van der Waals surface area contributed by atoms with Gasteiger partial charge in [0.2, 0.25) is 0 Å². The summed E-state index contributed by atoms with van der Waals surface area (Å²) < 4.78 is 0. The number of nitrogens with zero attached hydrogens (tertiary/aromatic N) is 2. The van der Waals surface area contributed by atoms with E-state index in [2.05, 4.69) is 218 Å². The van der Waals surface area contributed by atoms with Crippen molar-refractivity contribution in [1.29, 1.82) is 0 Å². The summed E-state index contributed by atoms with van der Waals surface area (Å²) in [5.41, 5.74) is 21.0. The van der Waals surface area contributed by atoms with Crippen molar-refractivity contribution in [3.8, 4) is 56.0 Å². The van der Waals surface area contributed by atoms with Crippen molar-refractivity contribution in [1.82, 2.24) is 9.97 Å². The summed E-state index contributed by atoms with van der Waals surface area (Å²) in [6, 6.07) is 80.4. The lowest BCUT2D eigenvalue weighted by molar-refractivity contribution is 0.636. The van der Waals surface area contributed by atoms with E-state index in [-0.39, 0.29) is 0 Å². The molecule has 3 aliphatic carbocycles. The largest absolute Gasteiger partial charge is 0.228 e. The van der Waals surface area contributed by atoms with Crippen LogP contribution in [-0.2, 0) is 10.8 Å². The van der Waals surface area contributed by atoms with Crippen LogP contribution in [0.15, 0.2) is 218 Å². The van der Waals surface area contributed by atoms with Crippen LogP contribution in [0.3, 0.4) is 0 Å². The maximum atomic E-state index is 5.44. The third-order valence-electron chi connectivity index (χ3n) is 13.6. The first-order valence-corrected chi connectivity index (χ1v) is 20.8. The zero-order chi connectivity index (χ0) is 39.4. The Morgan fingerprint density at radius 2 is 0.817 bits per heavy atom. The van der Waals surface area contributed by atoms with Crippen molar-refractivity contribution >= 4 is 10.9 Å². The van der Waals surface area contributed by atoms with E-state index in [0.29, 0.717) is 0 Å². The molecule has 2 heteroatoms. The summed E-state index contributed by atoms with van der Waals surface area (Å²) in [7, 11) is 0. The van der Waals surface area contributed by atoms with Crippen LogP contribution in [0.25, 0.3) is 66.9 Å². The van der Waals surface area contributed by atoms with Crippen molar-refractivity contribution in [2.75, 3.05) is 0 Å². The van der Waals surface area contributed by atoms with E-state index in [1.54, 1.807) is 0 Å². The van der Waals surface area contributed by atoms with E-state index >= 15 is 0 Å². The van der Waals surface area contributed by atoms with Gasteiger partial charge >= 0.3 is 0 Å². The van der Waals surface area contributed by atoms with Crippen molar-refractivity contribution in [2.24, 2.45) is 0 Å². The molecule has 0 radical (unpaired) electrons. The molecule has 0 aliphatic heterocycles. The van der Waals surface area contributed by atoms with Crippen LogP contribution in [0.1, 0.15) is 44.5 Å². The number of rotatable bonds is 4. The maximum absolute atomic E-state index is 5.44. The fraction of sp³-hybridized carbons (Fsp3) is 0.0345. The first-order valence-electron chi connectivity index (χ1n) is 20.8. The average molecular weight is 761 g/mol. The van der Waals surface area contributed by atoms with Gasteiger partial charge in [-0.1, -0.05) is 206 Å². The molecule has 278 valence electrons. The first-order chi connectivity index (χ1) is 29.8. The molecular formula is C58H36N2. The lowest BCUT2D eigenvalue weighted by atomic mass is 9.52. The highest BCUT2D eigenvalue weighted by Crippen LogP contribution is 2.68. The molecule has 0 amide bonds. The Hall–Kier alpha value is -7.68. The van der Waals surface area contributed by atoms with Crippen LogP contribution in [0.5, 0.6) is 0 Å². The molecule has 9 aromatic carbocycles. The van der Waals surface area contributed by atoms with Crippen LogP contribution in [0.2, 0.25) is 0 Å². The van der Waals surface area contributed by atoms with Gasteiger partial charge in [0.15, 0.2) is 5.82 Å². The summed E-state index contributed by atoms with van der Waals surface area (Å²) in [6.45, 7) is 0. The fourth-order valence-electron chi connectivity index (χ4n) is 11.3. The predicted octanol–water partition coefficient (Wildman–Crippen LogP) is 13.7. The summed E-state index contributed by atoms with van der Waals surface area (Å²) >= 11 is 0. The average Bonchev–Trinajstić information content (AvgIpc) is 3.80. The molecule has 0 saturated heterocycles. The van der Waals surface area contributed by atoms with Gasteiger partial charge < -0.3 is 0 Å². The molecule has 2 atom stereocenters. The summed E-state index contributed by atoms with van der Waals surface area (Å²) in [5, 5.41) is 1.04. The van der Waals surface area contributed by atoms with Gasteiger partial charge in [0.05, 0.1) is 22.0 Å². The molecule has 1 heterocycles. The number of hydrogen-bond donors (Lipinski definition) is 0. The van der Waals surface area contributed by atoms with Gasteiger partial charge in [0.1, 0.15) is 0 Å². The molecule has 0 N–H and O–H groups in total. The summed E-state index contributed by atoms with van der Waals surface area (Å²) in [4.78, 5) is 10.7. The quantitative estimate of drug-likeness (QED) is 0.179. The Kier molecular flexibility index (Phi) is 6.89. The second kappa shape index (κ2) is 12.4. The van der Waals surface area contributed by atoms with Gasteiger partial charge in [-0.05, 0) is 90.0 Å². The Bertz CT molecular complexity index is 3370. The minimum Gasteiger partial charge on any atom is -0.228 e. The third kappa shape index (κ3) is 4.27. The van der Waals surface area contributed by atoms with E-state index < -0.39 is 10.8 Å². The summed E-state index contributed by atoms with van der Waals surface area (Å²) in [5.74, 6) is 0.721. The van der Waals surface area contributed by atoms with Gasteiger partial charge in [0.25, 0.3) is 0 Å². The highest BCUT2D eigenvalue weighted by atomic mass is 14.9. The molecular weight excluding hydrogens is 725 g/mol. The normalized spacial score (nSPS) is 17.5. The van der Waals surface area contributed by atoms with E-state index in [4.69, 9.17) is 9.97 Å². The van der Waals surface area contributed by atoms with E-state index in [9.17, 15) is 0 Å². The van der Waals surface area contributed by atoms with Gasteiger partial charge in [-0.3, -0.25) is 0 Å². The van der Waals surface area contributed by atoms with Gasteiger partial charge in [-0.25, -0.2) is 9.97 Å². The molecule has 3 aliphatic rings. The van der Waals surface area contributed by atoms with Crippen LogP contribution < -0.4 is 0 Å². The molecule has 0 saturated carbocycles. The van der Waals surface area contributed by atoms with Gasteiger partial charge in [-0.15, -0.1) is 0 Å². The molecule has 2 nitrogen and oxygen atoms in total. The van der Waals surface area contributed by atoms with Gasteiger partial charge in [-0.2, -0.15) is 0 Å². The third-order valence-corrected chi connectivity index (χ3v) is 13.6. The van der Waals surface area contributed by atoms with Crippen molar-refractivity contribution in [2.45, 2.75) is 10.8 Å². The minimum absolute atomic E-state index is 0.479. The van der Waals surface area contributed by atoms with E-state index in [1.807, 2.05) is 0 Å². The van der Waals surface area contributed by atoms with Crippen LogP contribution in [0, 0.1) is 0 Å². The SMILES string of the molecule is c1ccc(-c2ccc(-c3nc(-c4ccc5c(c4)C4(c6ccccc6-5)c5ccccc5C5(c6ccccc6)c6ccccc6-c6cccc4c65)nc4ccccc34)cc2)cc1. The smallest absolute Gasteiger partial charge is 0.160 e. The number of hydrogen-bond acceptors (Lipinski definition) is 2. The van der Waals surface area contributed by atoms with Crippen molar-refractivity contribution in [3.63, 3.8) is 0 Å². The molecule has 2 unspecified atom stereocenters. The Morgan fingerprint density at radius 3 is 1.58 bits per heavy atom. The van der Waals surface area contributed by atoms with Crippen LogP contribution >= 0.6 is 0 Å². The number of para-hydroxylation sites is 1. The van der Waals surface area contributed by atoms with Gasteiger partial charge in [0, 0.05) is 16.5 Å². The van der Waals surface area contributed by atoms with Crippen molar-refractivity contribution < 1.29 is 0 Å². The monoisotopic (exact) mass is 760 g/mol. The molecule has 13 rings (SSSR count). The zero-order valence-electron chi connectivity index (χ0n) is 32.7. The standard InChI is InChI=1S/C58H36N2/c1-3-16-37(17-4-1)38-30-32-39(33-31-38)55-46-22-9-14-29-53(46)59-56(60-55)40-34-35-44-42-20-7-11-25-48(42)58(52(44)36-40)50-27-13-12-26-49(50)57(41-18-5-2-6-19-41)47-24-10-8-21-43(47)45-23-15-28-51(58)54(45)57/h1-36H. The highest BCUT2D eigenvalue weighted by Gasteiger charge is 2.59. The molecule has 0 bridgehead atoms. The number of benzene rings is 9. The topological polar surface area (TPSA) is 25.8 Å². The molecule has 1 aromatic heterocycles. The Morgan fingerprint density at radius 1 is 0.300 bits per heavy atom. The fourth-order valence-corrected chi connectivity index (χ4v) is 11.3. The molecule has 10 aromatic rings. The number of fused-ring (bicyclic) bond motifs is 13. The van der Waals surface area contributed by atoms with E-state index in [0.717, 1.165) is 33.5 Å². The Balaban J connectivity index is 1.08. The lowest BCUT2D eigenvalue weighted by Gasteiger charge is -2.48. The van der Waals surface area contributed by atoms with E-state index in [1.165, 1.54) is 77.9 Å². The molecule has 60 heavy (non-hydrogen) atoms. The van der Waals surface area contributed by atoms with Crippen LogP contribution in [-0.4, -0.2) is 9.97 Å². The summed E-state index contributed by atoms with van der Waals surface area (Å²) in [6.07, 6.45) is 0.